The van der Waals surface area contributed by atoms with Crippen LogP contribution in [0.3, 0.4) is 0 Å². The van der Waals surface area contributed by atoms with Crippen molar-refractivity contribution >= 4 is 31.9 Å². The van der Waals surface area contributed by atoms with Crippen LogP contribution in [0.25, 0.3) is 11.3 Å². The zero-order valence-electron chi connectivity index (χ0n) is 9.62. The van der Waals surface area contributed by atoms with E-state index in [9.17, 15) is 0 Å². The van der Waals surface area contributed by atoms with Crippen molar-refractivity contribution in [3.8, 4) is 11.3 Å². The molecule has 94 valence electrons. The maximum atomic E-state index is 5.75. The van der Waals surface area contributed by atoms with Gasteiger partial charge in [-0.1, -0.05) is 15.9 Å². The van der Waals surface area contributed by atoms with Crippen LogP contribution in [0.1, 0.15) is 18.7 Å². The van der Waals surface area contributed by atoms with Crippen molar-refractivity contribution < 1.29 is 4.42 Å². The second kappa shape index (κ2) is 5.15. The van der Waals surface area contributed by atoms with E-state index in [0.29, 0.717) is 12.6 Å². The van der Waals surface area contributed by atoms with Gasteiger partial charge in [-0.25, -0.2) is 4.98 Å². The summed E-state index contributed by atoms with van der Waals surface area (Å²) in [7, 11) is 0. The molecule has 1 saturated carbocycles. The van der Waals surface area contributed by atoms with Gasteiger partial charge in [0.15, 0.2) is 5.76 Å². The van der Waals surface area contributed by atoms with Crippen molar-refractivity contribution in [1.82, 2.24) is 10.3 Å². The average Bonchev–Trinajstić information content (AvgIpc) is 3.05. The molecule has 3 nitrogen and oxygen atoms in total. The second-order valence-corrected chi connectivity index (χ2v) is 6.17. The van der Waals surface area contributed by atoms with Crippen molar-refractivity contribution in [2.75, 3.05) is 0 Å². The summed E-state index contributed by atoms with van der Waals surface area (Å²) in [5.74, 6) is 1.54. The van der Waals surface area contributed by atoms with Crippen molar-refractivity contribution in [2.24, 2.45) is 0 Å². The molecule has 0 saturated heterocycles. The Balaban J connectivity index is 1.78. The number of oxazole rings is 1. The number of hydrogen-bond donors (Lipinski definition) is 1. The first kappa shape index (κ1) is 12.4. The van der Waals surface area contributed by atoms with Crippen molar-refractivity contribution in [1.29, 1.82) is 0 Å². The smallest absolute Gasteiger partial charge is 0.208 e. The molecule has 1 aliphatic rings. The summed E-state index contributed by atoms with van der Waals surface area (Å²) in [5.41, 5.74) is 1.02. The fraction of sp³-hybridized carbons (Fsp3) is 0.308. The highest BCUT2D eigenvalue weighted by molar-refractivity contribution is 9.11. The molecule has 1 heterocycles. The molecule has 0 amide bonds. The molecule has 1 fully saturated rings. The molecule has 3 rings (SSSR count). The van der Waals surface area contributed by atoms with Crippen LogP contribution >= 0.6 is 31.9 Å². The Kier molecular flexibility index (Phi) is 3.54. The van der Waals surface area contributed by atoms with Crippen LogP contribution in [0.2, 0.25) is 0 Å². The van der Waals surface area contributed by atoms with E-state index in [-0.39, 0.29) is 0 Å². The molecule has 18 heavy (non-hydrogen) atoms. The van der Waals surface area contributed by atoms with Crippen LogP contribution in [-0.4, -0.2) is 11.0 Å². The van der Waals surface area contributed by atoms with Crippen molar-refractivity contribution in [3.63, 3.8) is 0 Å². The number of halogens is 2. The van der Waals surface area contributed by atoms with Gasteiger partial charge < -0.3 is 9.73 Å². The summed E-state index contributed by atoms with van der Waals surface area (Å²) in [5, 5.41) is 3.39. The SMILES string of the molecule is Brc1ccc(-c2cnc(CNC3CC3)o2)c(Br)c1. The fourth-order valence-electron chi connectivity index (χ4n) is 1.72. The minimum atomic E-state index is 0.666. The van der Waals surface area contributed by atoms with Gasteiger partial charge in [0.25, 0.3) is 0 Å². The summed E-state index contributed by atoms with van der Waals surface area (Å²) < 4.78 is 7.78. The van der Waals surface area contributed by atoms with Crippen molar-refractivity contribution in [2.45, 2.75) is 25.4 Å². The Hall–Kier alpha value is -0.650. The summed E-state index contributed by atoms with van der Waals surface area (Å²) in [4.78, 5) is 4.29. The molecule has 0 radical (unpaired) electrons. The first-order valence-corrected chi connectivity index (χ1v) is 7.44. The first-order valence-electron chi connectivity index (χ1n) is 5.86. The molecule has 0 aliphatic heterocycles. The largest absolute Gasteiger partial charge is 0.439 e. The molecule has 1 N–H and O–H groups in total. The van der Waals surface area contributed by atoms with Crippen LogP contribution in [0.5, 0.6) is 0 Å². The summed E-state index contributed by atoms with van der Waals surface area (Å²) >= 11 is 6.97. The fourth-order valence-corrected chi connectivity index (χ4v) is 2.97. The van der Waals surface area contributed by atoms with Crippen LogP contribution in [0, 0.1) is 0 Å². The minimum Gasteiger partial charge on any atom is -0.439 e. The second-order valence-electron chi connectivity index (χ2n) is 4.40. The monoisotopic (exact) mass is 370 g/mol. The first-order chi connectivity index (χ1) is 8.72. The number of rotatable bonds is 4. The minimum absolute atomic E-state index is 0.666. The van der Waals surface area contributed by atoms with Gasteiger partial charge in [0.1, 0.15) is 0 Å². The highest BCUT2D eigenvalue weighted by Crippen LogP contribution is 2.31. The van der Waals surface area contributed by atoms with E-state index < -0.39 is 0 Å². The van der Waals surface area contributed by atoms with E-state index in [4.69, 9.17) is 4.42 Å². The molecule has 0 unspecified atom stereocenters. The summed E-state index contributed by atoms with van der Waals surface area (Å²) in [6, 6.07) is 6.66. The number of aromatic nitrogens is 1. The Morgan fingerprint density at radius 3 is 2.89 bits per heavy atom. The molecule has 1 aromatic carbocycles. The molecule has 1 aromatic heterocycles. The quantitative estimate of drug-likeness (QED) is 0.878. The molecule has 0 atom stereocenters. The third kappa shape index (κ3) is 2.84. The summed E-state index contributed by atoms with van der Waals surface area (Å²) in [6.45, 7) is 0.707. The molecular weight excluding hydrogens is 360 g/mol. The lowest BCUT2D eigenvalue weighted by atomic mass is 10.2. The van der Waals surface area contributed by atoms with E-state index >= 15 is 0 Å². The Morgan fingerprint density at radius 1 is 1.33 bits per heavy atom. The van der Waals surface area contributed by atoms with Gasteiger partial charge >= 0.3 is 0 Å². The van der Waals surface area contributed by atoms with Gasteiger partial charge in [-0.2, -0.15) is 0 Å². The molecule has 5 heteroatoms. The van der Waals surface area contributed by atoms with E-state index in [1.165, 1.54) is 12.8 Å². The van der Waals surface area contributed by atoms with Crippen molar-refractivity contribution in [3.05, 3.63) is 39.2 Å². The number of nitrogens with one attached hydrogen (secondary N) is 1. The molecule has 0 bridgehead atoms. The predicted molar refractivity (Wildman–Crippen MR) is 77.2 cm³/mol. The maximum absolute atomic E-state index is 5.75. The van der Waals surface area contributed by atoms with Gasteiger partial charge in [-0.15, -0.1) is 0 Å². The molecule has 1 aliphatic carbocycles. The third-order valence-electron chi connectivity index (χ3n) is 2.87. The van der Waals surface area contributed by atoms with Crippen LogP contribution in [-0.2, 0) is 6.54 Å². The normalized spacial score (nSPS) is 15.0. The highest BCUT2D eigenvalue weighted by Gasteiger charge is 2.21. The van der Waals surface area contributed by atoms with Crippen LogP contribution in [0.15, 0.2) is 37.8 Å². The van der Waals surface area contributed by atoms with Gasteiger partial charge in [-0.3, -0.25) is 0 Å². The zero-order valence-corrected chi connectivity index (χ0v) is 12.8. The molecule has 2 aromatic rings. The van der Waals surface area contributed by atoms with Crippen LogP contribution in [0.4, 0.5) is 0 Å². The Bertz CT molecular complexity index is 564. The van der Waals surface area contributed by atoms with Gasteiger partial charge in [0, 0.05) is 20.6 Å². The van der Waals surface area contributed by atoms with Gasteiger partial charge in [0.05, 0.1) is 12.7 Å². The van der Waals surface area contributed by atoms with Gasteiger partial charge in [0.2, 0.25) is 5.89 Å². The summed E-state index contributed by atoms with van der Waals surface area (Å²) in [6.07, 6.45) is 4.32. The number of hydrogen-bond acceptors (Lipinski definition) is 3. The lowest BCUT2D eigenvalue weighted by molar-refractivity contribution is 0.476. The topological polar surface area (TPSA) is 38.1 Å². The molecular formula is C13H12Br2N2O. The number of benzene rings is 1. The molecule has 0 spiro atoms. The number of nitrogens with zero attached hydrogens (tertiary/aromatic N) is 1. The average molecular weight is 372 g/mol. The van der Waals surface area contributed by atoms with Gasteiger partial charge in [-0.05, 0) is 47.0 Å². The predicted octanol–water partition coefficient (Wildman–Crippen LogP) is 4.12. The third-order valence-corrected chi connectivity index (χ3v) is 4.02. The van der Waals surface area contributed by atoms with E-state index in [0.717, 1.165) is 26.2 Å². The van der Waals surface area contributed by atoms with Crippen LogP contribution < -0.4 is 5.32 Å². The Morgan fingerprint density at radius 2 is 2.17 bits per heavy atom. The lowest BCUT2D eigenvalue weighted by Gasteiger charge is -2.01. The van der Waals surface area contributed by atoms with E-state index in [1.807, 2.05) is 18.2 Å². The zero-order chi connectivity index (χ0) is 12.5. The van der Waals surface area contributed by atoms with E-state index in [1.54, 1.807) is 6.20 Å². The highest BCUT2D eigenvalue weighted by atomic mass is 79.9. The van der Waals surface area contributed by atoms with E-state index in [2.05, 4.69) is 42.2 Å². The Labute approximate surface area is 122 Å². The lowest BCUT2D eigenvalue weighted by Crippen LogP contribution is -2.15. The standard InChI is InChI=1S/C13H12Br2N2O/c14-8-1-4-10(11(15)5-8)12-6-17-13(18-12)7-16-9-2-3-9/h1,4-6,9,16H,2-3,7H2. The maximum Gasteiger partial charge on any atom is 0.208 e.